The number of nitrogens with zero attached hydrogens (tertiary/aromatic N) is 2. The van der Waals surface area contributed by atoms with Gasteiger partial charge in [0.15, 0.2) is 0 Å². The molecular formula is C28H33N5O7. The molecule has 3 rings (SSSR count). The van der Waals surface area contributed by atoms with Crippen LogP contribution in [0, 0.1) is 0 Å². The van der Waals surface area contributed by atoms with Gasteiger partial charge in [0, 0.05) is 19.2 Å². The number of unbranched alkanes of at least 4 members (excludes halogenated alkanes) is 1. The summed E-state index contributed by atoms with van der Waals surface area (Å²) >= 11 is 0. The number of aromatic nitrogens is 2. The maximum atomic E-state index is 12.5. The highest BCUT2D eigenvalue weighted by molar-refractivity contribution is 5.87. The van der Waals surface area contributed by atoms with Crippen LogP contribution in [0.2, 0.25) is 0 Å². The summed E-state index contributed by atoms with van der Waals surface area (Å²) in [6.45, 7) is 0.544. The van der Waals surface area contributed by atoms with E-state index in [9.17, 15) is 24.3 Å². The number of benzene rings is 2. The summed E-state index contributed by atoms with van der Waals surface area (Å²) in [7, 11) is 0. The predicted molar refractivity (Wildman–Crippen MR) is 144 cm³/mol. The highest BCUT2D eigenvalue weighted by Gasteiger charge is 2.24. The first-order valence-corrected chi connectivity index (χ1v) is 12.8. The number of nitrogens with two attached hydrogens (primary N) is 1. The van der Waals surface area contributed by atoms with Crippen molar-refractivity contribution in [1.29, 1.82) is 0 Å². The zero-order valence-corrected chi connectivity index (χ0v) is 21.9. The van der Waals surface area contributed by atoms with Crippen molar-refractivity contribution in [3.63, 3.8) is 0 Å². The number of rotatable bonds is 14. The second-order valence-corrected chi connectivity index (χ2v) is 9.01. The summed E-state index contributed by atoms with van der Waals surface area (Å²) in [5, 5.41) is 14.6. The molecule has 2 atom stereocenters. The van der Waals surface area contributed by atoms with E-state index in [4.69, 9.17) is 15.2 Å². The number of aliphatic carboxylic acids is 1. The van der Waals surface area contributed by atoms with Crippen molar-refractivity contribution in [2.24, 2.45) is 5.73 Å². The fourth-order valence-corrected chi connectivity index (χ4v) is 3.65. The van der Waals surface area contributed by atoms with Crippen LogP contribution in [0.25, 0.3) is 0 Å². The maximum Gasteiger partial charge on any atom is 0.419 e. The molecule has 0 aliphatic rings. The number of hydrogen-bond acceptors (Lipinski definition) is 8. The number of carbonyl (C=O) groups excluding carboxylic acids is 3. The molecule has 0 fully saturated rings. The van der Waals surface area contributed by atoms with Gasteiger partial charge in [-0.15, -0.1) is 0 Å². The third-order valence-electron chi connectivity index (χ3n) is 5.83. The quantitative estimate of drug-likeness (QED) is 0.219. The lowest BCUT2D eigenvalue weighted by atomic mass is 10.1. The zero-order valence-electron chi connectivity index (χ0n) is 21.9. The molecule has 0 unspecified atom stereocenters. The Morgan fingerprint density at radius 3 is 2.17 bits per heavy atom. The van der Waals surface area contributed by atoms with Gasteiger partial charge in [0.05, 0.1) is 11.7 Å². The van der Waals surface area contributed by atoms with Gasteiger partial charge in [-0.1, -0.05) is 60.7 Å². The van der Waals surface area contributed by atoms with E-state index in [2.05, 4.69) is 15.6 Å². The third-order valence-corrected chi connectivity index (χ3v) is 5.83. The predicted octanol–water partition coefficient (Wildman–Crippen LogP) is 2.60. The van der Waals surface area contributed by atoms with E-state index in [0.29, 0.717) is 25.1 Å². The van der Waals surface area contributed by atoms with E-state index in [1.807, 2.05) is 60.7 Å². The minimum absolute atomic E-state index is 0.00779. The number of carbonyl (C=O) groups is 4. The fourth-order valence-electron chi connectivity index (χ4n) is 3.65. The van der Waals surface area contributed by atoms with Crippen LogP contribution in [0.15, 0.2) is 73.2 Å². The van der Waals surface area contributed by atoms with Crippen molar-refractivity contribution < 1.29 is 33.8 Å². The molecule has 2 amide bonds. The lowest BCUT2D eigenvalue weighted by Crippen LogP contribution is -2.49. The number of alkyl carbamates (subject to hydrolysis) is 1. The Labute approximate surface area is 231 Å². The first-order valence-electron chi connectivity index (χ1n) is 12.8. The zero-order chi connectivity index (χ0) is 28.7. The molecule has 0 aliphatic carbocycles. The fraction of sp³-hybridized carbons (Fsp3) is 0.321. The summed E-state index contributed by atoms with van der Waals surface area (Å²) < 4.78 is 11.5. The summed E-state index contributed by atoms with van der Waals surface area (Å²) in [6, 6.07) is 16.2. The van der Waals surface area contributed by atoms with Gasteiger partial charge < -0.3 is 30.9 Å². The van der Waals surface area contributed by atoms with Crippen molar-refractivity contribution in [2.75, 3.05) is 6.54 Å². The molecule has 3 aromatic rings. The van der Waals surface area contributed by atoms with E-state index in [0.717, 1.165) is 15.7 Å². The number of nitrogens with one attached hydrogen (secondary N) is 2. The van der Waals surface area contributed by atoms with Gasteiger partial charge in [0.2, 0.25) is 5.91 Å². The van der Waals surface area contributed by atoms with Crippen LogP contribution in [0.3, 0.4) is 0 Å². The van der Waals surface area contributed by atoms with Crippen LogP contribution in [0.1, 0.15) is 36.1 Å². The normalized spacial score (nSPS) is 12.1. The Bertz CT molecular complexity index is 1250. The largest absolute Gasteiger partial charge is 0.480 e. The van der Waals surface area contributed by atoms with Crippen molar-refractivity contribution in [1.82, 2.24) is 20.2 Å². The molecule has 5 N–H and O–H groups in total. The van der Waals surface area contributed by atoms with Crippen molar-refractivity contribution >= 4 is 24.1 Å². The smallest absolute Gasteiger partial charge is 0.419 e. The summed E-state index contributed by atoms with van der Waals surface area (Å²) in [5.41, 5.74) is 8.04. The molecule has 0 saturated heterocycles. The molecule has 1 aromatic heterocycles. The highest BCUT2D eigenvalue weighted by Crippen LogP contribution is 2.07. The number of ether oxygens (including phenoxy) is 2. The first-order chi connectivity index (χ1) is 19.3. The van der Waals surface area contributed by atoms with Gasteiger partial charge in [-0.25, -0.2) is 23.9 Å². The molecule has 212 valence electrons. The van der Waals surface area contributed by atoms with Crippen molar-refractivity contribution in [3.05, 3.63) is 90.0 Å². The van der Waals surface area contributed by atoms with E-state index in [-0.39, 0.29) is 26.1 Å². The Morgan fingerprint density at radius 1 is 0.925 bits per heavy atom. The average molecular weight is 552 g/mol. The number of carboxylic acid groups (broad SMARTS) is 1. The summed E-state index contributed by atoms with van der Waals surface area (Å²) in [6.07, 6.45) is 2.54. The number of hydrogen-bond donors (Lipinski definition) is 4. The van der Waals surface area contributed by atoms with Crippen LogP contribution < -0.4 is 16.4 Å². The Hall–Kier alpha value is -4.71. The second-order valence-electron chi connectivity index (χ2n) is 9.01. The Morgan fingerprint density at radius 2 is 1.55 bits per heavy atom. The van der Waals surface area contributed by atoms with E-state index >= 15 is 0 Å². The molecule has 0 spiro atoms. The molecule has 1 heterocycles. The topological polar surface area (TPSA) is 175 Å². The van der Waals surface area contributed by atoms with Crippen molar-refractivity contribution in [3.8, 4) is 0 Å². The molecule has 12 nitrogen and oxygen atoms in total. The summed E-state index contributed by atoms with van der Waals surface area (Å²) in [5.74, 6) is -1.85. The van der Waals surface area contributed by atoms with Crippen LogP contribution in [0.4, 0.5) is 9.59 Å². The average Bonchev–Trinajstić information content (AvgIpc) is 3.43. The van der Waals surface area contributed by atoms with E-state index in [1.54, 1.807) is 0 Å². The number of carboxylic acids is 1. The van der Waals surface area contributed by atoms with Gasteiger partial charge >= 0.3 is 18.2 Å². The van der Waals surface area contributed by atoms with Gasteiger partial charge in [-0.2, -0.15) is 0 Å². The summed E-state index contributed by atoms with van der Waals surface area (Å²) in [4.78, 5) is 52.3. The Balaban J connectivity index is 1.35. The standard InChI is InChI=1S/C28H33N5O7/c29-23(15-22-16-33(19-31-22)28(38)40-18-21-11-5-2-6-12-21)25(34)32-24(26(35)36)13-7-8-14-30-27(37)39-17-20-9-3-1-4-10-20/h1-6,9-12,16,19,23-24H,7-8,13-15,17-18,29H2,(H,30,37)(H,32,34)(H,35,36)/t23-,24-/m0/s1. The lowest BCUT2D eigenvalue weighted by molar-refractivity contribution is -0.142. The number of amides is 2. The van der Waals surface area contributed by atoms with E-state index in [1.165, 1.54) is 12.5 Å². The van der Waals surface area contributed by atoms with Gasteiger partial charge in [0.25, 0.3) is 0 Å². The van der Waals surface area contributed by atoms with Crippen LogP contribution in [0.5, 0.6) is 0 Å². The molecular weight excluding hydrogens is 518 g/mol. The first kappa shape index (κ1) is 29.8. The van der Waals surface area contributed by atoms with E-state index < -0.39 is 36.1 Å². The lowest BCUT2D eigenvalue weighted by Gasteiger charge is -2.17. The third kappa shape index (κ3) is 10.2. The molecule has 0 radical (unpaired) electrons. The SMILES string of the molecule is N[C@@H](Cc1cn(C(=O)OCc2ccccc2)cn1)C(=O)N[C@@H](CCCCNC(=O)OCc1ccccc1)C(=O)O. The molecule has 0 saturated carbocycles. The highest BCUT2D eigenvalue weighted by atomic mass is 16.6. The van der Waals surface area contributed by atoms with Crippen molar-refractivity contribution in [2.45, 2.75) is 51.0 Å². The minimum atomic E-state index is -1.19. The van der Waals surface area contributed by atoms with Gasteiger partial charge in [-0.3, -0.25) is 4.79 Å². The maximum absolute atomic E-state index is 12.5. The number of imidazole rings is 1. The van der Waals surface area contributed by atoms with Gasteiger partial charge in [-0.05, 0) is 30.4 Å². The second kappa shape index (κ2) is 15.6. The van der Waals surface area contributed by atoms with Crippen LogP contribution in [-0.4, -0.2) is 57.3 Å². The molecule has 0 aliphatic heterocycles. The molecule has 40 heavy (non-hydrogen) atoms. The van der Waals surface area contributed by atoms with Gasteiger partial charge in [0.1, 0.15) is 25.6 Å². The monoisotopic (exact) mass is 551 g/mol. The van der Waals surface area contributed by atoms with Crippen LogP contribution in [-0.2, 0) is 38.7 Å². The molecule has 12 heteroatoms. The Kier molecular flexibility index (Phi) is 11.7. The minimum Gasteiger partial charge on any atom is -0.480 e. The molecule has 2 aromatic carbocycles. The molecule has 0 bridgehead atoms. The van der Waals surface area contributed by atoms with Crippen LogP contribution >= 0.6 is 0 Å².